The van der Waals surface area contributed by atoms with E-state index in [0.29, 0.717) is 23.4 Å². The van der Waals surface area contributed by atoms with Crippen molar-refractivity contribution in [3.05, 3.63) is 41.9 Å². The number of nitrogens with one attached hydrogen (secondary N) is 1. The van der Waals surface area contributed by atoms with Gasteiger partial charge in [0.15, 0.2) is 5.65 Å². The van der Waals surface area contributed by atoms with E-state index in [-0.39, 0.29) is 17.6 Å². The van der Waals surface area contributed by atoms with Crippen molar-refractivity contribution in [2.75, 3.05) is 5.32 Å². The molecular weight excluding hydrogens is 462 g/mol. The van der Waals surface area contributed by atoms with Crippen LogP contribution in [0.1, 0.15) is 77.1 Å². The lowest BCUT2D eigenvalue weighted by Crippen LogP contribution is -2.34. The molecule has 7 nitrogen and oxygen atoms in total. The molecule has 194 valence electrons. The minimum absolute atomic E-state index is 0.0926. The summed E-state index contributed by atoms with van der Waals surface area (Å²) in [6, 6.07) is 3.85. The van der Waals surface area contributed by atoms with Gasteiger partial charge in [-0.1, -0.05) is 0 Å². The van der Waals surface area contributed by atoms with E-state index < -0.39 is 17.2 Å². The lowest BCUT2D eigenvalue weighted by Gasteiger charge is -2.36. The molecule has 2 saturated carbocycles. The molecule has 2 aliphatic carbocycles. The Morgan fingerprint density at radius 2 is 1.78 bits per heavy atom. The summed E-state index contributed by atoms with van der Waals surface area (Å²) >= 11 is 0. The van der Waals surface area contributed by atoms with Crippen molar-refractivity contribution in [2.24, 2.45) is 17.6 Å². The zero-order valence-corrected chi connectivity index (χ0v) is 21.1. The number of rotatable bonds is 6. The Hall–Kier alpha value is -2.65. The zero-order chi connectivity index (χ0) is 25.4. The van der Waals surface area contributed by atoms with Crippen molar-refractivity contribution in [3.63, 3.8) is 0 Å². The van der Waals surface area contributed by atoms with E-state index >= 15 is 0 Å². The number of halogens is 2. The maximum Gasteiger partial charge on any atom is 0.210 e. The fourth-order valence-corrected chi connectivity index (χ4v) is 5.86. The molecule has 36 heavy (non-hydrogen) atoms. The minimum atomic E-state index is -0.724. The first-order chi connectivity index (χ1) is 17.2. The molecule has 2 aromatic heterocycles. The van der Waals surface area contributed by atoms with E-state index in [1.54, 1.807) is 6.20 Å². The topological polar surface area (TPSA) is 102 Å². The van der Waals surface area contributed by atoms with Gasteiger partial charge in [-0.05, 0) is 89.2 Å². The van der Waals surface area contributed by atoms with Gasteiger partial charge in [-0.25, -0.2) is 23.7 Å². The first kappa shape index (κ1) is 25.0. The highest BCUT2D eigenvalue weighted by Gasteiger charge is 2.33. The number of nitrogens with zero attached hydrogens (tertiary/aromatic N) is 4. The second kappa shape index (κ2) is 10.0. The molecule has 0 bridgehead atoms. The van der Waals surface area contributed by atoms with Crippen LogP contribution in [0.5, 0.6) is 0 Å². The molecule has 3 aromatic rings. The van der Waals surface area contributed by atoms with Crippen molar-refractivity contribution in [2.45, 2.75) is 89.3 Å². The van der Waals surface area contributed by atoms with Crippen molar-refractivity contribution in [1.82, 2.24) is 19.5 Å². The van der Waals surface area contributed by atoms with Crippen LogP contribution in [0.3, 0.4) is 0 Å². The van der Waals surface area contributed by atoms with Crippen LogP contribution in [0.2, 0.25) is 0 Å². The van der Waals surface area contributed by atoms with Gasteiger partial charge in [0.05, 0.1) is 17.5 Å². The number of hydrogen-bond acceptors (Lipinski definition) is 6. The van der Waals surface area contributed by atoms with Crippen LogP contribution in [0.15, 0.2) is 24.4 Å². The predicted octanol–water partition coefficient (Wildman–Crippen LogP) is 5.41. The first-order valence-corrected chi connectivity index (χ1v) is 13.1. The first-order valence-electron chi connectivity index (χ1n) is 13.1. The van der Waals surface area contributed by atoms with Gasteiger partial charge in [0.2, 0.25) is 5.95 Å². The van der Waals surface area contributed by atoms with Gasteiger partial charge in [-0.15, -0.1) is 0 Å². The van der Waals surface area contributed by atoms with Crippen molar-refractivity contribution in [1.29, 1.82) is 0 Å². The third-order valence-corrected chi connectivity index (χ3v) is 8.08. The molecule has 0 unspecified atom stereocenters. The number of benzene rings is 1. The second-order valence-electron chi connectivity index (χ2n) is 11.2. The van der Waals surface area contributed by atoms with Gasteiger partial charge in [-0.3, -0.25) is 4.57 Å². The number of fused-ring (bicyclic) bond motifs is 1. The number of anilines is 2. The summed E-state index contributed by atoms with van der Waals surface area (Å²) < 4.78 is 30.0. The molecular formula is C27H36F2N6O. The van der Waals surface area contributed by atoms with Crippen molar-refractivity contribution in [3.8, 4) is 0 Å². The Morgan fingerprint density at radius 1 is 1.06 bits per heavy atom. The molecule has 9 heteroatoms. The van der Waals surface area contributed by atoms with Crippen LogP contribution in [-0.2, 0) is 6.42 Å². The average molecular weight is 499 g/mol. The number of imidazole rings is 1. The average Bonchev–Trinajstić information content (AvgIpc) is 3.19. The van der Waals surface area contributed by atoms with Crippen molar-refractivity contribution >= 4 is 22.8 Å². The molecule has 0 spiro atoms. The zero-order valence-electron chi connectivity index (χ0n) is 21.1. The number of aromatic nitrogens is 4. The lowest BCUT2D eigenvalue weighted by molar-refractivity contribution is -0.00457. The van der Waals surface area contributed by atoms with E-state index in [0.717, 1.165) is 75.3 Å². The van der Waals surface area contributed by atoms with Crippen LogP contribution >= 0.6 is 0 Å². The molecule has 0 atom stereocenters. The Labute approximate surface area is 210 Å². The van der Waals surface area contributed by atoms with Gasteiger partial charge < -0.3 is 16.2 Å². The third-order valence-electron chi connectivity index (χ3n) is 8.08. The van der Waals surface area contributed by atoms with Crippen LogP contribution in [0.4, 0.5) is 20.4 Å². The van der Waals surface area contributed by atoms with Gasteiger partial charge in [0.1, 0.15) is 23.0 Å². The minimum Gasteiger partial charge on any atom is -0.390 e. The molecule has 0 amide bonds. The highest BCUT2D eigenvalue weighted by Crippen LogP contribution is 2.40. The molecule has 1 aromatic carbocycles. The molecule has 2 aliphatic rings. The predicted molar refractivity (Wildman–Crippen MR) is 136 cm³/mol. The molecule has 0 saturated heterocycles. The van der Waals surface area contributed by atoms with Gasteiger partial charge in [0, 0.05) is 24.6 Å². The van der Waals surface area contributed by atoms with E-state index in [1.807, 2.05) is 13.8 Å². The van der Waals surface area contributed by atoms with Crippen LogP contribution in [-0.4, -0.2) is 36.3 Å². The summed E-state index contributed by atoms with van der Waals surface area (Å²) in [6.45, 7) is 3.74. The summed E-state index contributed by atoms with van der Waals surface area (Å²) in [5.41, 5.74) is 6.87. The van der Waals surface area contributed by atoms with Gasteiger partial charge in [0.25, 0.3) is 0 Å². The van der Waals surface area contributed by atoms with E-state index in [2.05, 4.69) is 14.9 Å². The van der Waals surface area contributed by atoms with E-state index in [4.69, 9.17) is 15.7 Å². The summed E-state index contributed by atoms with van der Waals surface area (Å²) in [6.07, 6.45) is 10.2. The highest BCUT2D eigenvalue weighted by molar-refractivity contribution is 5.75. The summed E-state index contributed by atoms with van der Waals surface area (Å²) in [5, 5.41) is 13.6. The second-order valence-corrected chi connectivity index (χ2v) is 11.2. The molecule has 2 heterocycles. The van der Waals surface area contributed by atoms with Crippen molar-refractivity contribution < 1.29 is 13.9 Å². The normalized spacial score (nSPS) is 25.3. The Balaban J connectivity index is 1.48. The molecule has 2 fully saturated rings. The van der Waals surface area contributed by atoms with Crippen LogP contribution < -0.4 is 11.1 Å². The molecule has 4 N–H and O–H groups in total. The number of hydrogen-bond donors (Lipinski definition) is 3. The fraction of sp³-hybridized carbons (Fsp3) is 0.593. The number of nitrogens with two attached hydrogens (primary N) is 1. The van der Waals surface area contributed by atoms with Crippen LogP contribution in [0.25, 0.3) is 11.2 Å². The SMILES string of the molecule is CC(C)(O)C1CCC(n2c(Nc3ccc(F)cc3F)nc3cnc(CC4CCC(N)CC4)nc32)CC1. The smallest absolute Gasteiger partial charge is 0.210 e. The third kappa shape index (κ3) is 5.37. The van der Waals surface area contributed by atoms with Crippen LogP contribution in [0, 0.1) is 23.5 Å². The van der Waals surface area contributed by atoms with Gasteiger partial charge in [-0.2, -0.15) is 0 Å². The summed E-state index contributed by atoms with van der Waals surface area (Å²) in [4.78, 5) is 14.3. The maximum atomic E-state index is 14.5. The highest BCUT2D eigenvalue weighted by atomic mass is 19.1. The standard InChI is InChI=1S/C27H36F2N6O/c1-27(2,36)17-5-10-20(11-6-17)35-25-23(33-26(35)32-22-12-7-18(28)14-21(22)29)15-31-24(34-25)13-16-3-8-19(30)9-4-16/h7,12,14-17,19-20,36H,3-6,8-11,13,30H2,1-2H3,(H,32,33). The fourth-order valence-electron chi connectivity index (χ4n) is 5.86. The van der Waals surface area contributed by atoms with Gasteiger partial charge >= 0.3 is 0 Å². The van der Waals surface area contributed by atoms with E-state index in [9.17, 15) is 13.9 Å². The number of aliphatic hydroxyl groups is 1. The largest absolute Gasteiger partial charge is 0.390 e. The Bertz CT molecular complexity index is 1210. The summed E-state index contributed by atoms with van der Waals surface area (Å²) in [5.74, 6) is 0.688. The molecule has 0 radical (unpaired) electrons. The quantitative estimate of drug-likeness (QED) is 0.420. The monoisotopic (exact) mass is 498 g/mol. The Kier molecular flexibility index (Phi) is 6.96. The molecule has 0 aliphatic heterocycles. The molecule has 5 rings (SSSR count). The maximum absolute atomic E-state index is 14.5. The summed E-state index contributed by atoms with van der Waals surface area (Å²) in [7, 11) is 0. The van der Waals surface area contributed by atoms with E-state index in [1.165, 1.54) is 12.1 Å². The lowest BCUT2D eigenvalue weighted by atomic mass is 9.77. The Morgan fingerprint density at radius 3 is 2.44 bits per heavy atom.